The SMILES string of the molecule is NCc1cc(Cl)ccc1OCOCC1CC1. The molecule has 1 aliphatic carbocycles. The van der Waals surface area contributed by atoms with Gasteiger partial charge in [0.05, 0.1) is 6.61 Å². The second-order valence-corrected chi connectivity index (χ2v) is 4.47. The monoisotopic (exact) mass is 241 g/mol. The van der Waals surface area contributed by atoms with E-state index in [4.69, 9.17) is 26.8 Å². The lowest BCUT2D eigenvalue weighted by Crippen LogP contribution is -2.08. The van der Waals surface area contributed by atoms with Crippen LogP contribution in [0.25, 0.3) is 0 Å². The zero-order valence-electron chi connectivity index (χ0n) is 9.12. The van der Waals surface area contributed by atoms with Crippen LogP contribution in [-0.2, 0) is 11.3 Å². The molecule has 0 saturated heterocycles. The molecule has 1 aromatic rings. The maximum atomic E-state index is 5.86. The number of rotatable bonds is 6. The molecule has 0 radical (unpaired) electrons. The zero-order valence-corrected chi connectivity index (χ0v) is 9.87. The molecule has 0 aromatic heterocycles. The van der Waals surface area contributed by atoms with Crippen molar-refractivity contribution in [2.75, 3.05) is 13.4 Å². The second-order valence-electron chi connectivity index (χ2n) is 4.03. The van der Waals surface area contributed by atoms with Crippen LogP contribution < -0.4 is 10.5 Å². The van der Waals surface area contributed by atoms with E-state index in [2.05, 4.69) is 0 Å². The summed E-state index contributed by atoms with van der Waals surface area (Å²) in [4.78, 5) is 0. The fraction of sp³-hybridized carbons (Fsp3) is 0.500. The second kappa shape index (κ2) is 5.53. The van der Waals surface area contributed by atoms with Gasteiger partial charge in [-0.2, -0.15) is 0 Å². The van der Waals surface area contributed by atoms with E-state index >= 15 is 0 Å². The molecule has 16 heavy (non-hydrogen) atoms. The molecular weight excluding hydrogens is 226 g/mol. The standard InChI is InChI=1S/C12H16ClNO2/c13-11-3-4-12(10(5-11)6-14)16-8-15-7-9-1-2-9/h3-5,9H,1-2,6-8,14H2. The number of benzene rings is 1. The third-order valence-corrected chi connectivity index (χ3v) is 2.83. The van der Waals surface area contributed by atoms with Crippen LogP contribution in [0.2, 0.25) is 5.02 Å². The first-order valence-electron chi connectivity index (χ1n) is 5.48. The van der Waals surface area contributed by atoms with Crippen molar-refractivity contribution in [2.45, 2.75) is 19.4 Å². The highest BCUT2D eigenvalue weighted by atomic mass is 35.5. The van der Waals surface area contributed by atoms with Gasteiger partial charge in [0, 0.05) is 17.1 Å². The van der Waals surface area contributed by atoms with E-state index in [1.165, 1.54) is 12.8 Å². The molecule has 2 rings (SSSR count). The van der Waals surface area contributed by atoms with Gasteiger partial charge in [0.15, 0.2) is 6.79 Å². The summed E-state index contributed by atoms with van der Waals surface area (Å²) < 4.78 is 10.9. The van der Waals surface area contributed by atoms with Gasteiger partial charge >= 0.3 is 0 Å². The minimum atomic E-state index is 0.283. The Balaban J connectivity index is 1.82. The van der Waals surface area contributed by atoms with Gasteiger partial charge < -0.3 is 15.2 Å². The van der Waals surface area contributed by atoms with Crippen LogP contribution in [0.1, 0.15) is 18.4 Å². The number of nitrogens with two attached hydrogens (primary N) is 1. The van der Waals surface area contributed by atoms with Gasteiger partial charge in [-0.1, -0.05) is 11.6 Å². The minimum Gasteiger partial charge on any atom is -0.467 e. The topological polar surface area (TPSA) is 44.5 Å². The Morgan fingerprint density at radius 2 is 2.19 bits per heavy atom. The fourth-order valence-electron chi connectivity index (χ4n) is 1.45. The van der Waals surface area contributed by atoms with Gasteiger partial charge in [0.2, 0.25) is 0 Å². The largest absolute Gasteiger partial charge is 0.467 e. The zero-order chi connectivity index (χ0) is 11.4. The van der Waals surface area contributed by atoms with Crippen LogP contribution in [0.5, 0.6) is 5.75 Å². The Morgan fingerprint density at radius 3 is 2.88 bits per heavy atom. The first-order chi connectivity index (χ1) is 7.79. The van der Waals surface area contributed by atoms with Crippen LogP contribution in [-0.4, -0.2) is 13.4 Å². The molecule has 0 amide bonds. The molecule has 1 aromatic carbocycles. The van der Waals surface area contributed by atoms with E-state index in [1.54, 1.807) is 6.07 Å². The summed E-state index contributed by atoms with van der Waals surface area (Å²) in [6.07, 6.45) is 2.57. The lowest BCUT2D eigenvalue weighted by molar-refractivity contribution is 0.00948. The van der Waals surface area contributed by atoms with E-state index in [9.17, 15) is 0 Å². The summed E-state index contributed by atoms with van der Waals surface area (Å²) in [6, 6.07) is 5.43. The lowest BCUT2D eigenvalue weighted by Gasteiger charge is -2.10. The molecule has 0 atom stereocenters. The van der Waals surface area contributed by atoms with E-state index < -0.39 is 0 Å². The van der Waals surface area contributed by atoms with Crippen LogP contribution in [0.15, 0.2) is 18.2 Å². The Kier molecular flexibility index (Phi) is 4.04. The highest BCUT2D eigenvalue weighted by Gasteiger charge is 2.21. The summed E-state index contributed by atoms with van der Waals surface area (Å²) >= 11 is 5.86. The first-order valence-corrected chi connectivity index (χ1v) is 5.86. The smallest absolute Gasteiger partial charge is 0.189 e. The third kappa shape index (κ3) is 3.37. The highest BCUT2D eigenvalue weighted by Crippen LogP contribution is 2.29. The maximum Gasteiger partial charge on any atom is 0.189 e. The molecule has 0 aliphatic heterocycles. The summed E-state index contributed by atoms with van der Waals surface area (Å²) in [7, 11) is 0. The van der Waals surface area contributed by atoms with Crippen molar-refractivity contribution in [1.29, 1.82) is 0 Å². The van der Waals surface area contributed by atoms with E-state index in [-0.39, 0.29) is 6.79 Å². The average molecular weight is 242 g/mol. The molecule has 0 unspecified atom stereocenters. The van der Waals surface area contributed by atoms with Crippen molar-refractivity contribution >= 4 is 11.6 Å². The molecule has 2 N–H and O–H groups in total. The number of hydrogen-bond acceptors (Lipinski definition) is 3. The molecule has 0 bridgehead atoms. The van der Waals surface area contributed by atoms with Crippen molar-refractivity contribution < 1.29 is 9.47 Å². The molecule has 88 valence electrons. The van der Waals surface area contributed by atoms with Crippen molar-refractivity contribution in [3.05, 3.63) is 28.8 Å². The van der Waals surface area contributed by atoms with Gasteiger partial charge in [0.1, 0.15) is 5.75 Å². The lowest BCUT2D eigenvalue weighted by atomic mass is 10.2. The van der Waals surface area contributed by atoms with Crippen LogP contribution in [0.3, 0.4) is 0 Å². The Hall–Kier alpha value is -0.770. The molecular formula is C12H16ClNO2. The summed E-state index contributed by atoms with van der Waals surface area (Å²) in [5.74, 6) is 1.51. The van der Waals surface area contributed by atoms with Crippen molar-refractivity contribution in [3.63, 3.8) is 0 Å². The average Bonchev–Trinajstić information content (AvgIpc) is 3.09. The molecule has 4 heteroatoms. The summed E-state index contributed by atoms with van der Waals surface area (Å²) in [5.41, 5.74) is 6.51. The normalized spacial score (nSPS) is 15.1. The van der Waals surface area contributed by atoms with Crippen LogP contribution >= 0.6 is 11.6 Å². The number of hydrogen-bond donors (Lipinski definition) is 1. The van der Waals surface area contributed by atoms with E-state index in [0.29, 0.717) is 11.6 Å². The van der Waals surface area contributed by atoms with Crippen molar-refractivity contribution in [2.24, 2.45) is 11.7 Å². The first kappa shape index (κ1) is 11.7. The van der Waals surface area contributed by atoms with Crippen molar-refractivity contribution in [1.82, 2.24) is 0 Å². The molecule has 1 fully saturated rings. The molecule has 0 heterocycles. The van der Waals surface area contributed by atoms with Gasteiger partial charge in [-0.05, 0) is 37.0 Å². The summed E-state index contributed by atoms with van der Waals surface area (Å²) in [5, 5.41) is 0.673. The maximum absolute atomic E-state index is 5.86. The third-order valence-electron chi connectivity index (χ3n) is 2.59. The van der Waals surface area contributed by atoms with Gasteiger partial charge in [-0.3, -0.25) is 0 Å². The molecule has 1 aliphatic rings. The van der Waals surface area contributed by atoms with Gasteiger partial charge in [-0.15, -0.1) is 0 Å². The Morgan fingerprint density at radius 1 is 1.38 bits per heavy atom. The van der Waals surface area contributed by atoms with Gasteiger partial charge in [0.25, 0.3) is 0 Å². The van der Waals surface area contributed by atoms with E-state index in [1.807, 2.05) is 12.1 Å². The Labute approximate surface area is 100 Å². The fourth-order valence-corrected chi connectivity index (χ4v) is 1.65. The Bertz CT molecular complexity index is 353. The molecule has 3 nitrogen and oxygen atoms in total. The molecule has 0 spiro atoms. The van der Waals surface area contributed by atoms with Gasteiger partial charge in [-0.25, -0.2) is 0 Å². The van der Waals surface area contributed by atoms with Crippen LogP contribution in [0.4, 0.5) is 0 Å². The predicted molar refractivity (Wildman–Crippen MR) is 63.5 cm³/mol. The molecule has 1 saturated carbocycles. The minimum absolute atomic E-state index is 0.283. The highest BCUT2D eigenvalue weighted by molar-refractivity contribution is 6.30. The quantitative estimate of drug-likeness (QED) is 0.615. The van der Waals surface area contributed by atoms with Crippen LogP contribution in [0, 0.1) is 5.92 Å². The van der Waals surface area contributed by atoms with Crippen molar-refractivity contribution in [3.8, 4) is 5.75 Å². The number of ether oxygens (including phenoxy) is 2. The summed E-state index contributed by atoms with van der Waals surface area (Å²) in [6.45, 7) is 1.50. The van der Waals surface area contributed by atoms with E-state index in [0.717, 1.165) is 23.8 Å². The predicted octanol–water partition coefficient (Wildman–Crippen LogP) is 2.56. The number of halogens is 1.